The van der Waals surface area contributed by atoms with Gasteiger partial charge >= 0.3 is 5.97 Å². The number of ether oxygens (including phenoxy) is 1. The van der Waals surface area contributed by atoms with Crippen LogP contribution in [0.1, 0.15) is 51.1 Å². The van der Waals surface area contributed by atoms with Crippen LogP contribution in [0.2, 0.25) is 0 Å². The Hall–Kier alpha value is -1.85. The summed E-state index contributed by atoms with van der Waals surface area (Å²) in [5.74, 6) is 3.06. The minimum atomic E-state index is -0.292. The van der Waals surface area contributed by atoms with Gasteiger partial charge in [-0.15, -0.1) is 23.7 Å². The van der Waals surface area contributed by atoms with E-state index in [-0.39, 0.29) is 18.4 Å². The first-order valence-corrected chi connectivity index (χ1v) is 11.2. The SMILES string of the molecule is CC(=O)Oc1cccc(-c2csc3nc(C45CC6CC(CC(C6)C4)C5)cn23)c1.Cl. The molecule has 0 unspecified atom stereocenters. The molecular formula is C23H25ClN2O2S. The number of esters is 1. The molecule has 4 aliphatic rings. The second-order valence-corrected chi connectivity index (χ2v) is 10.1. The van der Waals surface area contributed by atoms with Crippen LogP contribution in [0.4, 0.5) is 0 Å². The van der Waals surface area contributed by atoms with E-state index in [0.29, 0.717) is 11.2 Å². The van der Waals surface area contributed by atoms with Gasteiger partial charge in [-0.2, -0.15) is 0 Å². The van der Waals surface area contributed by atoms with Crippen molar-refractivity contribution in [3.8, 4) is 17.0 Å². The van der Waals surface area contributed by atoms with E-state index in [0.717, 1.165) is 34.0 Å². The molecular weight excluding hydrogens is 404 g/mol. The van der Waals surface area contributed by atoms with Crippen LogP contribution < -0.4 is 4.74 Å². The van der Waals surface area contributed by atoms with Crippen molar-refractivity contribution >= 4 is 34.7 Å². The molecule has 0 atom stereocenters. The summed E-state index contributed by atoms with van der Waals surface area (Å²) in [6.45, 7) is 1.43. The van der Waals surface area contributed by atoms with Crippen LogP contribution in [0.25, 0.3) is 16.2 Å². The fraction of sp³-hybridized carbons (Fsp3) is 0.478. The molecule has 0 radical (unpaired) electrons. The molecule has 7 rings (SSSR count). The summed E-state index contributed by atoms with van der Waals surface area (Å²) < 4.78 is 7.52. The zero-order valence-electron chi connectivity index (χ0n) is 16.5. The van der Waals surface area contributed by atoms with Crippen molar-refractivity contribution in [2.75, 3.05) is 0 Å². The molecule has 0 aliphatic heterocycles. The lowest BCUT2D eigenvalue weighted by Gasteiger charge is -2.56. The van der Waals surface area contributed by atoms with E-state index in [1.54, 1.807) is 11.3 Å². The van der Waals surface area contributed by atoms with Crippen LogP contribution >= 0.6 is 23.7 Å². The summed E-state index contributed by atoms with van der Waals surface area (Å²) in [6, 6.07) is 7.77. The number of carbonyl (C=O) groups excluding carboxylic acids is 1. The Morgan fingerprint density at radius 1 is 1.17 bits per heavy atom. The fourth-order valence-corrected chi connectivity index (χ4v) is 7.44. The van der Waals surface area contributed by atoms with E-state index >= 15 is 0 Å². The molecule has 0 spiro atoms. The van der Waals surface area contributed by atoms with Gasteiger partial charge in [0, 0.05) is 29.5 Å². The van der Waals surface area contributed by atoms with Crippen molar-refractivity contribution in [2.45, 2.75) is 50.9 Å². The number of nitrogens with zero attached hydrogens (tertiary/aromatic N) is 2. The first-order valence-electron chi connectivity index (χ1n) is 10.3. The third-order valence-corrected chi connectivity index (χ3v) is 8.02. The number of thiazole rings is 1. The van der Waals surface area contributed by atoms with Gasteiger partial charge in [0.2, 0.25) is 0 Å². The summed E-state index contributed by atoms with van der Waals surface area (Å²) in [5, 5.41) is 2.15. The molecule has 0 amide bonds. The molecule has 4 saturated carbocycles. The average Bonchev–Trinajstić information content (AvgIpc) is 3.21. The van der Waals surface area contributed by atoms with E-state index in [4.69, 9.17) is 9.72 Å². The minimum Gasteiger partial charge on any atom is -0.427 e. The Kier molecular flexibility index (Phi) is 4.52. The van der Waals surface area contributed by atoms with Crippen molar-refractivity contribution in [2.24, 2.45) is 17.8 Å². The molecule has 4 nitrogen and oxygen atoms in total. The van der Waals surface area contributed by atoms with Crippen molar-refractivity contribution in [1.82, 2.24) is 9.38 Å². The van der Waals surface area contributed by atoms with Crippen LogP contribution in [-0.2, 0) is 10.2 Å². The molecule has 4 bridgehead atoms. The highest BCUT2D eigenvalue weighted by atomic mass is 35.5. The summed E-state index contributed by atoms with van der Waals surface area (Å²) in [7, 11) is 0. The van der Waals surface area contributed by atoms with E-state index in [2.05, 4.69) is 22.0 Å². The lowest BCUT2D eigenvalue weighted by Crippen LogP contribution is -2.48. The van der Waals surface area contributed by atoms with Gasteiger partial charge in [0.15, 0.2) is 4.96 Å². The second kappa shape index (κ2) is 6.85. The van der Waals surface area contributed by atoms with Gasteiger partial charge in [0.05, 0.1) is 11.4 Å². The highest BCUT2D eigenvalue weighted by Crippen LogP contribution is 2.60. The Morgan fingerprint density at radius 2 is 1.86 bits per heavy atom. The fourth-order valence-electron chi connectivity index (χ4n) is 6.56. The molecule has 4 aliphatic carbocycles. The third-order valence-electron chi connectivity index (χ3n) is 7.18. The number of carbonyl (C=O) groups is 1. The maximum Gasteiger partial charge on any atom is 0.308 e. The molecule has 6 heteroatoms. The van der Waals surface area contributed by atoms with E-state index in [1.165, 1.54) is 51.1 Å². The highest BCUT2D eigenvalue weighted by molar-refractivity contribution is 7.15. The van der Waals surface area contributed by atoms with Gasteiger partial charge in [-0.05, 0) is 68.4 Å². The van der Waals surface area contributed by atoms with Gasteiger partial charge in [-0.25, -0.2) is 4.98 Å². The molecule has 1 aromatic carbocycles. The number of aromatic nitrogens is 2. The molecule has 0 saturated heterocycles. The largest absolute Gasteiger partial charge is 0.427 e. The predicted octanol–water partition coefficient (Wildman–Crippen LogP) is 5.88. The molecule has 2 heterocycles. The lowest BCUT2D eigenvalue weighted by molar-refractivity contribution is -0.131. The summed E-state index contributed by atoms with van der Waals surface area (Å²) in [6.07, 6.45) is 10.7. The minimum absolute atomic E-state index is 0. The quantitative estimate of drug-likeness (QED) is 0.386. The van der Waals surface area contributed by atoms with Gasteiger partial charge in [-0.3, -0.25) is 9.20 Å². The standard InChI is InChI=1S/C23H24N2O2S.ClH/c1-14(26)27-19-4-2-3-18(8-19)20-13-28-22-24-21(12-25(20)22)23-9-15-5-16(10-23)7-17(6-15)11-23;/h2-4,8,12-13,15-17H,5-7,9-11H2,1H3;1H. The van der Waals surface area contributed by atoms with Crippen molar-refractivity contribution in [3.05, 3.63) is 41.5 Å². The number of benzene rings is 1. The molecule has 2 aromatic heterocycles. The average molecular weight is 429 g/mol. The molecule has 152 valence electrons. The monoisotopic (exact) mass is 428 g/mol. The number of imidazole rings is 1. The zero-order valence-corrected chi connectivity index (χ0v) is 18.1. The maximum atomic E-state index is 11.3. The van der Waals surface area contributed by atoms with E-state index < -0.39 is 0 Å². The van der Waals surface area contributed by atoms with Gasteiger partial charge < -0.3 is 4.74 Å². The van der Waals surface area contributed by atoms with Crippen LogP contribution in [0.15, 0.2) is 35.8 Å². The number of fused-ring (bicyclic) bond motifs is 1. The van der Waals surface area contributed by atoms with Crippen LogP contribution in [-0.4, -0.2) is 15.4 Å². The number of rotatable bonds is 3. The Bertz CT molecular complexity index is 1050. The normalized spacial score (nSPS) is 29.8. The van der Waals surface area contributed by atoms with Gasteiger partial charge in [0.25, 0.3) is 0 Å². The second-order valence-electron chi connectivity index (χ2n) is 9.22. The van der Waals surface area contributed by atoms with E-state index in [9.17, 15) is 4.79 Å². The van der Waals surface area contributed by atoms with Crippen molar-refractivity contribution in [1.29, 1.82) is 0 Å². The number of halogens is 1. The Labute approximate surface area is 180 Å². The molecule has 0 N–H and O–H groups in total. The first kappa shape index (κ1) is 19.1. The van der Waals surface area contributed by atoms with Crippen LogP contribution in [0, 0.1) is 17.8 Å². The van der Waals surface area contributed by atoms with Crippen molar-refractivity contribution in [3.63, 3.8) is 0 Å². The topological polar surface area (TPSA) is 43.6 Å². The van der Waals surface area contributed by atoms with E-state index in [1.807, 2.05) is 18.2 Å². The van der Waals surface area contributed by atoms with Crippen molar-refractivity contribution < 1.29 is 9.53 Å². The lowest BCUT2D eigenvalue weighted by atomic mass is 9.49. The molecule has 3 aromatic rings. The van der Waals surface area contributed by atoms with Gasteiger partial charge in [0.1, 0.15) is 5.75 Å². The Morgan fingerprint density at radius 3 is 2.52 bits per heavy atom. The van der Waals surface area contributed by atoms with Gasteiger partial charge in [-0.1, -0.05) is 12.1 Å². The number of hydrogen-bond donors (Lipinski definition) is 0. The van der Waals surface area contributed by atoms with Crippen LogP contribution in [0.3, 0.4) is 0 Å². The first-order chi connectivity index (χ1) is 13.6. The summed E-state index contributed by atoms with van der Waals surface area (Å²) in [5.41, 5.74) is 3.81. The van der Waals surface area contributed by atoms with Crippen LogP contribution in [0.5, 0.6) is 5.75 Å². The summed E-state index contributed by atoms with van der Waals surface area (Å²) >= 11 is 1.70. The smallest absolute Gasteiger partial charge is 0.308 e. The highest BCUT2D eigenvalue weighted by Gasteiger charge is 2.52. The molecule has 4 fully saturated rings. The third kappa shape index (κ3) is 3.10. The maximum absolute atomic E-state index is 11.3. The Balaban J connectivity index is 0.00000181. The zero-order chi connectivity index (χ0) is 18.9. The summed E-state index contributed by atoms with van der Waals surface area (Å²) in [4.78, 5) is 17.5. The molecule has 29 heavy (non-hydrogen) atoms. The predicted molar refractivity (Wildman–Crippen MR) is 117 cm³/mol. The number of hydrogen-bond acceptors (Lipinski definition) is 4.